The second kappa shape index (κ2) is 4.44. The Hall–Kier alpha value is -1.27. The Labute approximate surface area is 107 Å². The molecule has 0 N–H and O–H groups in total. The number of imide groups is 1. The van der Waals surface area contributed by atoms with Crippen LogP contribution in [0, 0.1) is 0 Å². The fraction of sp³-hybridized carbons (Fsp3) is 0.750. The van der Waals surface area contributed by atoms with Crippen LogP contribution in [-0.4, -0.2) is 85.1 Å². The van der Waals surface area contributed by atoms with Crippen molar-refractivity contribution in [1.29, 1.82) is 0 Å². The summed E-state index contributed by atoms with van der Waals surface area (Å²) in [5.41, 5.74) is 0. The Bertz CT molecular complexity index is 398. The summed E-state index contributed by atoms with van der Waals surface area (Å²) in [5.74, 6) is -0.310. The van der Waals surface area contributed by atoms with Gasteiger partial charge in [-0.2, -0.15) is 0 Å². The minimum atomic E-state index is -0.401. The molecule has 2 aliphatic heterocycles. The molecule has 2 aliphatic rings. The van der Waals surface area contributed by atoms with Crippen molar-refractivity contribution in [3.05, 3.63) is 0 Å². The summed E-state index contributed by atoms with van der Waals surface area (Å²) < 4.78 is 0. The standard InChI is InChI=1S/C12H20N4O2/c1-6-14(3)9-7(13-2)8-10(15(8)4)12(18)16(5)11(9)17/h7-10H,2,6H2,1,3-5H3/t7?,8?,9?,10-,15?/m1/s1. The highest BCUT2D eigenvalue weighted by atomic mass is 16.2. The highest BCUT2D eigenvalue weighted by Gasteiger charge is 2.61. The summed E-state index contributed by atoms with van der Waals surface area (Å²) in [6, 6.07) is -0.861. The maximum Gasteiger partial charge on any atom is 0.248 e. The fourth-order valence-electron chi connectivity index (χ4n) is 2.80. The van der Waals surface area contributed by atoms with Crippen molar-refractivity contribution in [1.82, 2.24) is 14.7 Å². The first-order valence-corrected chi connectivity index (χ1v) is 6.15. The topological polar surface area (TPSA) is 56.0 Å². The van der Waals surface area contributed by atoms with Gasteiger partial charge in [0.15, 0.2) is 0 Å². The average molecular weight is 252 g/mol. The summed E-state index contributed by atoms with van der Waals surface area (Å²) in [7, 11) is 5.32. The zero-order valence-corrected chi connectivity index (χ0v) is 11.3. The van der Waals surface area contributed by atoms with Crippen LogP contribution in [0.2, 0.25) is 0 Å². The van der Waals surface area contributed by atoms with Crippen molar-refractivity contribution < 1.29 is 9.59 Å². The highest BCUT2D eigenvalue weighted by molar-refractivity contribution is 6.03. The molecular formula is C12H20N4O2. The smallest absolute Gasteiger partial charge is 0.248 e. The number of likely N-dealkylation sites (tertiary alicyclic amines) is 1. The molecule has 0 radical (unpaired) electrons. The molecule has 0 spiro atoms. The van der Waals surface area contributed by atoms with Crippen LogP contribution in [0.15, 0.2) is 4.99 Å². The number of amides is 2. The molecular weight excluding hydrogens is 232 g/mol. The molecule has 0 aromatic heterocycles. The lowest BCUT2D eigenvalue weighted by molar-refractivity contribution is -0.146. The zero-order valence-electron chi connectivity index (χ0n) is 11.3. The molecule has 2 fully saturated rings. The van der Waals surface area contributed by atoms with Gasteiger partial charge < -0.3 is 0 Å². The van der Waals surface area contributed by atoms with E-state index in [1.54, 1.807) is 7.05 Å². The maximum absolute atomic E-state index is 12.4. The minimum Gasteiger partial charge on any atom is -0.294 e. The first kappa shape index (κ1) is 13.2. The van der Waals surface area contributed by atoms with E-state index < -0.39 is 6.04 Å². The van der Waals surface area contributed by atoms with Crippen molar-refractivity contribution >= 4 is 18.5 Å². The van der Waals surface area contributed by atoms with E-state index in [9.17, 15) is 9.59 Å². The summed E-state index contributed by atoms with van der Waals surface area (Å²) in [4.78, 5) is 33.7. The third-order valence-corrected chi connectivity index (χ3v) is 4.17. The number of hydrogen-bond acceptors (Lipinski definition) is 5. The molecule has 0 bridgehead atoms. The second-order valence-corrected chi connectivity index (χ2v) is 5.03. The molecule has 2 amide bonds. The number of carbonyl (C=O) groups is 2. The van der Waals surface area contributed by atoms with Gasteiger partial charge in [0.05, 0.1) is 12.1 Å². The third kappa shape index (κ3) is 1.67. The van der Waals surface area contributed by atoms with Crippen molar-refractivity contribution in [2.75, 3.05) is 27.7 Å². The number of rotatable bonds is 3. The summed E-state index contributed by atoms with van der Waals surface area (Å²) >= 11 is 0. The fourth-order valence-corrected chi connectivity index (χ4v) is 2.80. The first-order chi connectivity index (χ1) is 8.45. The molecule has 0 aliphatic carbocycles. The van der Waals surface area contributed by atoms with E-state index in [2.05, 4.69) is 11.7 Å². The summed E-state index contributed by atoms with van der Waals surface area (Å²) in [6.07, 6.45) is 0. The Morgan fingerprint density at radius 2 is 1.94 bits per heavy atom. The van der Waals surface area contributed by atoms with Gasteiger partial charge in [-0.1, -0.05) is 6.92 Å². The average Bonchev–Trinajstić information content (AvgIpc) is 3.04. The van der Waals surface area contributed by atoms with Gasteiger partial charge in [0, 0.05) is 7.05 Å². The quantitative estimate of drug-likeness (QED) is 0.369. The van der Waals surface area contributed by atoms with Crippen LogP contribution in [0.5, 0.6) is 0 Å². The van der Waals surface area contributed by atoms with E-state index in [4.69, 9.17) is 0 Å². The Morgan fingerprint density at radius 1 is 1.33 bits per heavy atom. The van der Waals surface area contributed by atoms with Gasteiger partial charge in [-0.05, 0) is 27.4 Å². The molecule has 4 unspecified atom stereocenters. The molecule has 2 rings (SSSR count). The van der Waals surface area contributed by atoms with E-state index in [1.165, 1.54) is 4.90 Å². The number of fused-ring (bicyclic) bond motifs is 1. The van der Waals surface area contributed by atoms with Gasteiger partial charge in [-0.25, -0.2) is 0 Å². The van der Waals surface area contributed by atoms with Gasteiger partial charge >= 0.3 is 0 Å². The first-order valence-electron chi connectivity index (χ1n) is 6.15. The molecule has 18 heavy (non-hydrogen) atoms. The molecule has 6 nitrogen and oxygen atoms in total. The molecule has 0 aromatic carbocycles. The van der Waals surface area contributed by atoms with Crippen molar-refractivity contribution in [2.24, 2.45) is 4.99 Å². The van der Waals surface area contributed by atoms with E-state index in [1.807, 2.05) is 30.8 Å². The lowest BCUT2D eigenvalue weighted by atomic mass is 10.0. The number of hydrogen-bond donors (Lipinski definition) is 0. The Kier molecular flexibility index (Phi) is 3.25. The number of carbonyl (C=O) groups excluding carboxylic acids is 2. The van der Waals surface area contributed by atoms with Gasteiger partial charge in [0.1, 0.15) is 12.1 Å². The minimum absolute atomic E-state index is 0.00269. The van der Waals surface area contributed by atoms with Crippen LogP contribution in [-0.2, 0) is 9.59 Å². The number of aliphatic imine (C=N–C) groups is 1. The molecule has 2 heterocycles. The van der Waals surface area contributed by atoms with Gasteiger partial charge in [-0.3, -0.25) is 29.3 Å². The highest BCUT2D eigenvalue weighted by Crippen LogP contribution is 2.37. The molecule has 0 aromatic rings. The van der Waals surface area contributed by atoms with Crippen LogP contribution in [0.3, 0.4) is 0 Å². The molecule has 6 heteroatoms. The normalized spacial score (nSPS) is 39.6. The predicted molar refractivity (Wildman–Crippen MR) is 68.5 cm³/mol. The maximum atomic E-state index is 12.4. The molecule has 5 atom stereocenters. The van der Waals surface area contributed by atoms with E-state index >= 15 is 0 Å². The van der Waals surface area contributed by atoms with Crippen molar-refractivity contribution in [3.8, 4) is 0 Å². The third-order valence-electron chi connectivity index (χ3n) is 4.17. The van der Waals surface area contributed by atoms with Crippen molar-refractivity contribution in [3.63, 3.8) is 0 Å². The van der Waals surface area contributed by atoms with Gasteiger partial charge in [0.25, 0.3) is 0 Å². The molecule has 100 valence electrons. The van der Waals surface area contributed by atoms with E-state index in [0.29, 0.717) is 0 Å². The van der Waals surface area contributed by atoms with Crippen LogP contribution >= 0.6 is 0 Å². The lowest BCUT2D eigenvalue weighted by Gasteiger charge is -2.31. The van der Waals surface area contributed by atoms with Gasteiger partial charge in [-0.15, -0.1) is 0 Å². The van der Waals surface area contributed by atoms with Crippen LogP contribution in [0.1, 0.15) is 6.92 Å². The summed E-state index contributed by atoms with van der Waals surface area (Å²) in [6.45, 7) is 6.31. The Balaban J connectivity index is 2.39. The second-order valence-electron chi connectivity index (χ2n) is 5.03. The monoisotopic (exact) mass is 252 g/mol. The van der Waals surface area contributed by atoms with Crippen LogP contribution < -0.4 is 0 Å². The van der Waals surface area contributed by atoms with E-state index in [0.717, 1.165) is 6.54 Å². The zero-order chi connectivity index (χ0) is 13.6. The van der Waals surface area contributed by atoms with E-state index in [-0.39, 0.29) is 29.9 Å². The van der Waals surface area contributed by atoms with Crippen LogP contribution in [0.25, 0.3) is 0 Å². The van der Waals surface area contributed by atoms with Crippen molar-refractivity contribution in [2.45, 2.75) is 31.1 Å². The number of likely N-dealkylation sites (N-methyl/N-ethyl adjacent to an activating group) is 3. The molecule has 0 saturated carbocycles. The largest absolute Gasteiger partial charge is 0.294 e. The molecule has 2 saturated heterocycles. The lowest BCUT2D eigenvalue weighted by Crippen LogP contribution is -2.53. The summed E-state index contributed by atoms with van der Waals surface area (Å²) in [5, 5.41) is 0. The Morgan fingerprint density at radius 3 is 2.44 bits per heavy atom. The van der Waals surface area contributed by atoms with Crippen LogP contribution in [0.4, 0.5) is 0 Å². The SMILES string of the molecule is C=NC1C(N(C)CC)C(=O)N(C)C(=O)[C@H]2C1N2C. The number of nitrogens with zero attached hydrogens (tertiary/aromatic N) is 4. The van der Waals surface area contributed by atoms with Gasteiger partial charge in [0.2, 0.25) is 11.8 Å². The predicted octanol–water partition coefficient (Wildman–Crippen LogP) is -0.943.